The summed E-state index contributed by atoms with van der Waals surface area (Å²) in [7, 11) is 0. The van der Waals surface area contributed by atoms with Gasteiger partial charge in [-0.15, -0.1) is 0 Å². The van der Waals surface area contributed by atoms with Crippen LogP contribution in [0, 0.1) is 5.92 Å². The number of imidazole rings is 1. The Balaban J connectivity index is 1.36. The summed E-state index contributed by atoms with van der Waals surface area (Å²) in [4.78, 5) is 48.6. The third-order valence-corrected chi connectivity index (χ3v) is 6.68. The van der Waals surface area contributed by atoms with Gasteiger partial charge in [0.1, 0.15) is 12.7 Å². The van der Waals surface area contributed by atoms with Crippen LogP contribution in [0.5, 0.6) is 0 Å². The SMILES string of the molecule is C=C1C(COC(=O)Cc2ccccc2)C(OC(=O)Cc2ccccc2)CC1n1cnc2c(=O)[nH]c(N)nc21. The van der Waals surface area contributed by atoms with E-state index in [1.54, 1.807) is 4.57 Å². The van der Waals surface area contributed by atoms with E-state index < -0.39 is 35.6 Å². The maximum Gasteiger partial charge on any atom is 0.310 e. The van der Waals surface area contributed by atoms with E-state index in [1.807, 2.05) is 60.7 Å². The zero-order valence-corrected chi connectivity index (χ0v) is 20.6. The van der Waals surface area contributed by atoms with Gasteiger partial charge in [-0.25, -0.2) is 4.98 Å². The van der Waals surface area contributed by atoms with Gasteiger partial charge < -0.3 is 19.8 Å². The number of carbonyl (C=O) groups excluding carboxylic acids is 2. The number of esters is 2. The molecule has 2 aromatic heterocycles. The number of hydrogen-bond acceptors (Lipinski definition) is 8. The van der Waals surface area contributed by atoms with E-state index in [4.69, 9.17) is 15.2 Å². The molecule has 4 aromatic rings. The summed E-state index contributed by atoms with van der Waals surface area (Å²) in [6, 6.07) is 18.2. The highest BCUT2D eigenvalue weighted by atomic mass is 16.6. The molecular formula is C28H27N5O5. The molecule has 0 spiro atoms. The van der Waals surface area contributed by atoms with Crippen LogP contribution in [0.2, 0.25) is 0 Å². The molecule has 0 saturated heterocycles. The molecule has 1 fully saturated rings. The molecule has 5 rings (SSSR count). The predicted octanol–water partition coefficient (Wildman–Crippen LogP) is 2.76. The first-order valence-corrected chi connectivity index (χ1v) is 12.2. The van der Waals surface area contributed by atoms with Crippen molar-refractivity contribution in [3.8, 4) is 0 Å². The normalized spacial score (nSPS) is 18.9. The second kappa shape index (κ2) is 10.7. The second-order valence-electron chi connectivity index (χ2n) is 9.24. The molecule has 38 heavy (non-hydrogen) atoms. The van der Waals surface area contributed by atoms with Crippen LogP contribution in [0.15, 0.2) is 83.9 Å². The van der Waals surface area contributed by atoms with Crippen molar-refractivity contribution >= 4 is 29.1 Å². The molecule has 1 aliphatic rings. The summed E-state index contributed by atoms with van der Waals surface area (Å²) in [6.45, 7) is 4.25. The number of rotatable bonds is 8. The number of nitrogens with two attached hydrogens (primary N) is 1. The third kappa shape index (κ3) is 5.34. The number of fused-ring (bicyclic) bond motifs is 1. The van der Waals surface area contributed by atoms with E-state index in [0.717, 1.165) is 11.1 Å². The Morgan fingerprint density at radius 2 is 1.66 bits per heavy atom. The van der Waals surface area contributed by atoms with E-state index >= 15 is 0 Å². The lowest BCUT2D eigenvalue weighted by atomic mass is 10.0. The fourth-order valence-corrected chi connectivity index (χ4v) is 4.80. The summed E-state index contributed by atoms with van der Waals surface area (Å²) in [6.07, 6.45) is 1.47. The first-order chi connectivity index (χ1) is 18.4. The highest BCUT2D eigenvalue weighted by molar-refractivity contribution is 5.74. The van der Waals surface area contributed by atoms with Crippen molar-refractivity contribution in [3.05, 3.63) is 101 Å². The fraction of sp³-hybridized carbons (Fsp3) is 0.250. The van der Waals surface area contributed by atoms with Gasteiger partial charge in [0, 0.05) is 6.42 Å². The van der Waals surface area contributed by atoms with Gasteiger partial charge in [0.15, 0.2) is 11.2 Å². The second-order valence-corrected chi connectivity index (χ2v) is 9.24. The van der Waals surface area contributed by atoms with Crippen LogP contribution in [0.25, 0.3) is 11.2 Å². The molecule has 10 heteroatoms. The van der Waals surface area contributed by atoms with Crippen LogP contribution in [0.4, 0.5) is 5.95 Å². The van der Waals surface area contributed by atoms with Gasteiger partial charge in [-0.05, 0) is 16.7 Å². The highest BCUT2D eigenvalue weighted by Crippen LogP contribution is 2.42. The molecule has 0 radical (unpaired) electrons. The van der Waals surface area contributed by atoms with Crippen LogP contribution in [-0.4, -0.2) is 44.2 Å². The number of ether oxygens (including phenoxy) is 2. The Hall–Kier alpha value is -4.73. The minimum absolute atomic E-state index is 0.00688. The lowest BCUT2D eigenvalue weighted by Crippen LogP contribution is -2.28. The summed E-state index contributed by atoms with van der Waals surface area (Å²) < 4.78 is 13.2. The Morgan fingerprint density at radius 3 is 2.32 bits per heavy atom. The van der Waals surface area contributed by atoms with Gasteiger partial charge in [-0.2, -0.15) is 4.98 Å². The number of hydrogen-bond donors (Lipinski definition) is 2. The van der Waals surface area contributed by atoms with Crippen LogP contribution < -0.4 is 11.3 Å². The number of aromatic amines is 1. The molecule has 10 nitrogen and oxygen atoms in total. The highest BCUT2D eigenvalue weighted by Gasteiger charge is 2.42. The molecule has 3 N–H and O–H groups in total. The van der Waals surface area contributed by atoms with Crippen LogP contribution in [0.3, 0.4) is 0 Å². The predicted molar refractivity (Wildman–Crippen MR) is 140 cm³/mol. The maximum atomic E-state index is 12.8. The van der Waals surface area contributed by atoms with E-state index in [1.165, 1.54) is 6.33 Å². The van der Waals surface area contributed by atoms with Crippen molar-refractivity contribution in [2.75, 3.05) is 12.3 Å². The minimum atomic E-state index is -0.606. The number of carbonyl (C=O) groups is 2. The van der Waals surface area contributed by atoms with Crippen molar-refractivity contribution in [3.63, 3.8) is 0 Å². The molecule has 2 aromatic carbocycles. The molecule has 3 unspecified atom stereocenters. The molecule has 0 bridgehead atoms. The zero-order chi connectivity index (χ0) is 26.6. The number of nitrogens with zero attached hydrogens (tertiary/aromatic N) is 3. The Kier molecular flexibility index (Phi) is 7.03. The first-order valence-electron chi connectivity index (χ1n) is 12.2. The van der Waals surface area contributed by atoms with Crippen molar-refractivity contribution in [1.29, 1.82) is 0 Å². The van der Waals surface area contributed by atoms with Crippen molar-refractivity contribution in [2.24, 2.45) is 5.92 Å². The summed E-state index contributed by atoms with van der Waals surface area (Å²) >= 11 is 0. The molecule has 194 valence electrons. The van der Waals surface area contributed by atoms with Crippen molar-refractivity contribution in [1.82, 2.24) is 19.5 Å². The lowest BCUT2D eigenvalue weighted by Gasteiger charge is -2.20. The van der Waals surface area contributed by atoms with Crippen molar-refractivity contribution < 1.29 is 19.1 Å². The average molecular weight is 514 g/mol. The molecule has 3 atom stereocenters. The summed E-state index contributed by atoms with van der Waals surface area (Å²) in [5, 5.41) is 0. The number of anilines is 1. The lowest BCUT2D eigenvalue weighted by molar-refractivity contribution is -0.152. The molecule has 2 heterocycles. The molecule has 0 amide bonds. The molecule has 0 aliphatic heterocycles. The smallest absolute Gasteiger partial charge is 0.310 e. The average Bonchev–Trinajstić information content (AvgIpc) is 3.44. The van der Waals surface area contributed by atoms with Gasteiger partial charge >= 0.3 is 11.9 Å². The first kappa shape index (κ1) is 24.9. The van der Waals surface area contributed by atoms with E-state index in [2.05, 4.69) is 21.5 Å². The number of H-pyrrole nitrogens is 1. The van der Waals surface area contributed by atoms with Gasteiger partial charge in [0.05, 0.1) is 31.1 Å². The number of nitrogens with one attached hydrogen (secondary N) is 1. The van der Waals surface area contributed by atoms with Gasteiger partial charge in [0.2, 0.25) is 5.95 Å². The standard InChI is InChI=1S/C28H27N5O5/c1-17-20(15-37-23(34)12-18-8-4-2-5-9-18)22(38-24(35)13-19-10-6-3-7-11-19)14-21(17)33-16-30-25-26(33)31-28(29)32-27(25)36/h2-11,16,20-22H,1,12-15H2,(H3,29,31,32,36). The van der Waals surface area contributed by atoms with Crippen molar-refractivity contribution in [2.45, 2.75) is 31.4 Å². The summed E-state index contributed by atoms with van der Waals surface area (Å²) in [5.74, 6) is -1.29. The monoisotopic (exact) mass is 513 g/mol. The zero-order valence-electron chi connectivity index (χ0n) is 20.6. The maximum absolute atomic E-state index is 12.8. The Bertz CT molecular complexity index is 1530. The molecule has 1 saturated carbocycles. The van der Waals surface area contributed by atoms with Crippen LogP contribution in [-0.2, 0) is 31.9 Å². The minimum Gasteiger partial charge on any atom is -0.465 e. The molecule has 1 aliphatic carbocycles. The van der Waals surface area contributed by atoms with Gasteiger partial charge in [-0.3, -0.25) is 19.4 Å². The Labute approximate surface area is 218 Å². The van der Waals surface area contributed by atoms with Gasteiger partial charge in [0.25, 0.3) is 5.56 Å². The topological polar surface area (TPSA) is 142 Å². The largest absolute Gasteiger partial charge is 0.465 e. The number of nitrogen functional groups attached to an aromatic ring is 1. The molecular weight excluding hydrogens is 486 g/mol. The van der Waals surface area contributed by atoms with E-state index in [9.17, 15) is 14.4 Å². The van der Waals surface area contributed by atoms with E-state index in [0.29, 0.717) is 17.6 Å². The van der Waals surface area contributed by atoms with Crippen LogP contribution in [0.1, 0.15) is 23.6 Å². The van der Waals surface area contributed by atoms with Gasteiger partial charge in [-0.1, -0.05) is 67.2 Å². The number of benzene rings is 2. The third-order valence-electron chi connectivity index (χ3n) is 6.68. The van der Waals surface area contributed by atoms with Crippen LogP contribution >= 0.6 is 0 Å². The summed E-state index contributed by atoms with van der Waals surface area (Å²) in [5.41, 5.74) is 8.10. The quantitative estimate of drug-likeness (QED) is 0.271. The van der Waals surface area contributed by atoms with E-state index in [-0.39, 0.29) is 30.9 Å². The Morgan fingerprint density at radius 1 is 1.03 bits per heavy atom. The fourth-order valence-electron chi connectivity index (χ4n) is 4.80. The number of aromatic nitrogens is 4.